The summed E-state index contributed by atoms with van der Waals surface area (Å²) < 4.78 is 25.2. The number of H-pyrrole nitrogens is 1. The smallest absolute Gasteiger partial charge is 0.242 e. The summed E-state index contributed by atoms with van der Waals surface area (Å²) in [6, 6.07) is 6.62. The molecule has 0 spiro atoms. The molecule has 0 aliphatic carbocycles. The average molecular weight is 553 g/mol. The Morgan fingerprint density at radius 2 is 1.85 bits per heavy atom. The van der Waals surface area contributed by atoms with Crippen molar-refractivity contribution in [3.05, 3.63) is 46.6 Å². The molecular formula is C26H37FN4O8. The van der Waals surface area contributed by atoms with Crippen LogP contribution in [-0.4, -0.2) is 92.5 Å². The maximum atomic E-state index is 14.1. The van der Waals surface area contributed by atoms with Crippen molar-refractivity contribution in [3.63, 3.8) is 0 Å². The molecule has 39 heavy (non-hydrogen) atoms. The standard InChI is InChI=1S/C26H37FN4O8/c1-13(2)21-16(25(31-30-21)39-26-23(36)22(35)20(27)18(12-33)38-26)10-15-8-6-14(7-9-15)4-3-5-19(34)29-17(11-32)24(28)37/h6-9,13,17-18,20,22-23,26,32-33,35-36H,3-5,10-12H2,1-2H3,(H2,28,37)(H,29,34)(H,30,31). The van der Waals surface area contributed by atoms with E-state index in [0.717, 1.165) is 16.8 Å². The van der Waals surface area contributed by atoms with E-state index in [1.807, 2.05) is 38.1 Å². The maximum Gasteiger partial charge on any atom is 0.242 e. The minimum atomic E-state index is -1.96. The fraction of sp³-hybridized carbons (Fsp3) is 0.577. The van der Waals surface area contributed by atoms with Gasteiger partial charge in [-0.1, -0.05) is 38.1 Å². The highest BCUT2D eigenvalue weighted by Crippen LogP contribution is 2.31. The van der Waals surface area contributed by atoms with Gasteiger partial charge in [0.2, 0.25) is 24.0 Å². The second-order valence-corrected chi connectivity index (χ2v) is 9.90. The normalized spacial score (nSPS) is 23.9. The molecule has 13 heteroatoms. The van der Waals surface area contributed by atoms with Gasteiger partial charge in [0, 0.05) is 24.1 Å². The first-order valence-corrected chi connectivity index (χ1v) is 12.8. The van der Waals surface area contributed by atoms with Crippen molar-refractivity contribution in [2.24, 2.45) is 5.73 Å². The number of hydrogen-bond donors (Lipinski definition) is 7. The predicted octanol–water partition coefficient (Wildman–Crippen LogP) is -0.435. The summed E-state index contributed by atoms with van der Waals surface area (Å²) in [5.74, 6) is -0.976. The van der Waals surface area contributed by atoms with Crippen LogP contribution >= 0.6 is 0 Å². The molecule has 6 unspecified atom stereocenters. The summed E-state index contributed by atoms with van der Waals surface area (Å²) in [6.07, 6.45) is -6.47. The lowest BCUT2D eigenvalue weighted by atomic mass is 9.98. The topological polar surface area (TPSA) is 200 Å². The quantitative estimate of drug-likeness (QED) is 0.172. The van der Waals surface area contributed by atoms with Crippen LogP contribution in [0.3, 0.4) is 0 Å². The van der Waals surface area contributed by atoms with Gasteiger partial charge in [-0.3, -0.25) is 14.7 Å². The van der Waals surface area contributed by atoms with Gasteiger partial charge in [0.15, 0.2) is 6.17 Å². The van der Waals surface area contributed by atoms with Crippen molar-refractivity contribution in [3.8, 4) is 5.88 Å². The number of aliphatic hydroxyl groups excluding tert-OH is 4. The van der Waals surface area contributed by atoms with Crippen LogP contribution in [0.2, 0.25) is 0 Å². The molecule has 1 saturated heterocycles. The van der Waals surface area contributed by atoms with Gasteiger partial charge in [0.1, 0.15) is 24.4 Å². The van der Waals surface area contributed by atoms with Crippen molar-refractivity contribution >= 4 is 11.8 Å². The number of nitrogens with one attached hydrogen (secondary N) is 2. The SMILES string of the molecule is CC(C)c1[nH]nc(OC2OC(CO)C(F)C(O)C2O)c1Cc1ccc(CCCC(=O)NC(CO)C(N)=O)cc1. The van der Waals surface area contributed by atoms with Gasteiger partial charge >= 0.3 is 0 Å². The van der Waals surface area contributed by atoms with Crippen LogP contribution < -0.4 is 15.8 Å². The first-order chi connectivity index (χ1) is 18.5. The van der Waals surface area contributed by atoms with E-state index in [1.54, 1.807) is 0 Å². The lowest BCUT2D eigenvalue weighted by Crippen LogP contribution is -2.58. The summed E-state index contributed by atoms with van der Waals surface area (Å²) in [5.41, 5.74) is 8.54. The van der Waals surface area contributed by atoms with Crippen LogP contribution in [0.5, 0.6) is 5.88 Å². The molecule has 216 valence electrons. The monoisotopic (exact) mass is 552 g/mol. The Kier molecular flexibility index (Phi) is 10.8. The summed E-state index contributed by atoms with van der Waals surface area (Å²) >= 11 is 0. The van der Waals surface area contributed by atoms with Crippen LogP contribution in [0.1, 0.15) is 55.0 Å². The third-order valence-electron chi connectivity index (χ3n) is 6.60. The molecule has 2 amide bonds. The second kappa shape index (κ2) is 13.8. The molecule has 0 saturated carbocycles. The Morgan fingerprint density at radius 1 is 1.18 bits per heavy atom. The molecule has 1 fully saturated rings. The molecule has 0 bridgehead atoms. The Hall–Kier alpha value is -3.10. The zero-order valence-corrected chi connectivity index (χ0v) is 21.9. The number of aryl methyl sites for hydroxylation is 1. The first kappa shape index (κ1) is 30.4. The van der Waals surface area contributed by atoms with E-state index in [9.17, 15) is 29.3 Å². The van der Waals surface area contributed by atoms with Gasteiger partial charge < -0.3 is 41.0 Å². The predicted molar refractivity (Wildman–Crippen MR) is 136 cm³/mol. The second-order valence-electron chi connectivity index (χ2n) is 9.90. The zero-order chi connectivity index (χ0) is 28.7. The van der Waals surface area contributed by atoms with Crippen LogP contribution in [0.4, 0.5) is 4.39 Å². The Bertz CT molecular complexity index is 1090. The Morgan fingerprint density at radius 3 is 2.44 bits per heavy atom. The number of carbonyl (C=O) groups is 2. The number of halogens is 1. The summed E-state index contributed by atoms with van der Waals surface area (Å²) in [7, 11) is 0. The minimum absolute atomic E-state index is 0.0541. The molecule has 12 nitrogen and oxygen atoms in total. The molecule has 1 aliphatic rings. The number of carbonyl (C=O) groups excluding carboxylic acids is 2. The number of amides is 2. The largest absolute Gasteiger partial charge is 0.443 e. The van der Waals surface area contributed by atoms with Gasteiger partial charge in [-0.2, -0.15) is 0 Å². The average Bonchev–Trinajstić information content (AvgIpc) is 3.30. The van der Waals surface area contributed by atoms with Gasteiger partial charge in [-0.05, 0) is 29.9 Å². The fourth-order valence-corrected chi connectivity index (χ4v) is 4.31. The molecular weight excluding hydrogens is 515 g/mol. The number of benzene rings is 1. The summed E-state index contributed by atoms with van der Waals surface area (Å²) in [4.78, 5) is 23.1. The zero-order valence-electron chi connectivity index (χ0n) is 21.9. The number of ether oxygens (including phenoxy) is 2. The Balaban J connectivity index is 1.64. The molecule has 6 atom stereocenters. The molecule has 2 aromatic rings. The van der Waals surface area contributed by atoms with Gasteiger partial charge in [0.05, 0.1) is 13.2 Å². The number of aliphatic hydroxyl groups is 4. The lowest BCUT2D eigenvalue weighted by Gasteiger charge is -2.38. The van der Waals surface area contributed by atoms with E-state index in [4.69, 9.17) is 20.3 Å². The number of alkyl halides is 1. The fourth-order valence-electron chi connectivity index (χ4n) is 4.31. The molecule has 3 rings (SSSR count). The highest BCUT2D eigenvalue weighted by molar-refractivity contribution is 5.86. The molecule has 1 aliphatic heterocycles. The first-order valence-electron chi connectivity index (χ1n) is 12.8. The number of nitrogens with two attached hydrogens (primary N) is 1. The van der Waals surface area contributed by atoms with Crippen molar-refractivity contribution < 1.29 is 43.9 Å². The van der Waals surface area contributed by atoms with E-state index in [0.29, 0.717) is 24.8 Å². The number of aromatic amines is 1. The molecule has 8 N–H and O–H groups in total. The highest BCUT2D eigenvalue weighted by atomic mass is 19.1. The van der Waals surface area contributed by atoms with E-state index < -0.39 is 55.9 Å². The van der Waals surface area contributed by atoms with E-state index in [-0.39, 0.29) is 24.1 Å². The molecule has 1 aromatic heterocycles. The highest BCUT2D eigenvalue weighted by Gasteiger charge is 2.46. The summed E-state index contributed by atoms with van der Waals surface area (Å²) in [6.45, 7) is 2.69. The van der Waals surface area contributed by atoms with Crippen molar-refractivity contribution in [1.29, 1.82) is 0 Å². The third kappa shape index (κ3) is 7.73. The number of hydrogen-bond acceptors (Lipinski definition) is 9. The Labute approximate surface area is 225 Å². The maximum absolute atomic E-state index is 14.1. The summed E-state index contributed by atoms with van der Waals surface area (Å²) in [5, 5.41) is 48.3. The van der Waals surface area contributed by atoms with E-state index >= 15 is 0 Å². The van der Waals surface area contributed by atoms with Crippen LogP contribution in [0, 0.1) is 0 Å². The van der Waals surface area contributed by atoms with Crippen LogP contribution in [0.25, 0.3) is 0 Å². The number of aromatic nitrogens is 2. The number of rotatable bonds is 13. The van der Waals surface area contributed by atoms with Crippen LogP contribution in [0.15, 0.2) is 24.3 Å². The van der Waals surface area contributed by atoms with E-state index in [2.05, 4.69) is 15.5 Å². The van der Waals surface area contributed by atoms with Crippen molar-refractivity contribution in [2.45, 2.75) is 82.3 Å². The molecule has 2 heterocycles. The van der Waals surface area contributed by atoms with Gasteiger partial charge in [-0.25, -0.2) is 4.39 Å². The van der Waals surface area contributed by atoms with Crippen molar-refractivity contribution in [1.82, 2.24) is 15.5 Å². The van der Waals surface area contributed by atoms with Crippen LogP contribution in [-0.2, 0) is 27.2 Å². The number of primary amides is 1. The molecule has 1 aromatic carbocycles. The third-order valence-corrected chi connectivity index (χ3v) is 6.60. The van der Waals surface area contributed by atoms with E-state index in [1.165, 1.54) is 0 Å². The van der Waals surface area contributed by atoms with Gasteiger partial charge in [-0.15, -0.1) is 5.10 Å². The number of nitrogens with zero attached hydrogens (tertiary/aromatic N) is 1. The van der Waals surface area contributed by atoms with Gasteiger partial charge in [0.25, 0.3) is 0 Å². The lowest BCUT2D eigenvalue weighted by molar-refractivity contribution is -0.265. The minimum Gasteiger partial charge on any atom is -0.443 e. The molecule has 0 radical (unpaired) electrons. The van der Waals surface area contributed by atoms with Crippen molar-refractivity contribution in [2.75, 3.05) is 13.2 Å².